The van der Waals surface area contributed by atoms with Gasteiger partial charge in [0.2, 0.25) is 10.0 Å². The highest BCUT2D eigenvalue weighted by Crippen LogP contribution is 2.16. The van der Waals surface area contributed by atoms with Crippen LogP contribution >= 0.6 is 0 Å². The Morgan fingerprint density at radius 1 is 1.32 bits per heavy atom. The number of amidine groups is 1. The van der Waals surface area contributed by atoms with E-state index in [1.54, 1.807) is 26.0 Å². The molecule has 1 unspecified atom stereocenters. The van der Waals surface area contributed by atoms with E-state index in [4.69, 9.17) is 15.9 Å². The molecule has 0 spiro atoms. The first-order valence-corrected chi connectivity index (χ1v) is 7.26. The molecule has 0 heterocycles. The maximum atomic E-state index is 12.1. The molecular formula is C12H19N3O3S. The van der Waals surface area contributed by atoms with Gasteiger partial charge < -0.3 is 10.5 Å². The normalized spacial score (nSPS) is 13.3. The van der Waals surface area contributed by atoms with Gasteiger partial charge in [-0.1, -0.05) is 13.8 Å². The van der Waals surface area contributed by atoms with Crippen molar-refractivity contribution in [3.63, 3.8) is 0 Å². The molecule has 0 aromatic heterocycles. The molecule has 0 aliphatic heterocycles. The predicted octanol–water partition coefficient (Wildman–Crippen LogP) is 0.934. The molecule has 0 amide bonds. The smallest absolute Gasteiger partial charge is 0.241 e. The van der Waals surface area contributed by atoms with E-state index in [0.29, 0.717) is 5.75 Å². The van der Waals surface area contributed by atoms with Crippen molar-refractivity contribution in [1.29, 1.82) is 5.41 Å². The Bertz CT molecular complexity index is 538. The zero-order chi connectivity index (χ0) is 14.6. The highest BCUT2D eigenvalue weighted by atomic mass is 32.2. The van der Waals surface area contributed by atoms with E-state index >= 15 is 0 Å². The van der Waals surface area contributed by atoms with Crippen LogP contribution in [0.4, 0.5) is 0 Å². The number of benzene rings is 1. The van der Waals surface area contributed by atoms with Gasteiger partial charge in [-0.2, -0.15) is 0 Å². The number of methoxy groups -OCH3 is 1. The van der Waals surface area contributed by atoms with E-state index in [2.05, 4.69) is 4.72 Å². The zero-order valence-corrected chi connectivity index (χ0v) is 12.0. The molecular weight excluding hydrogens is 266 g/mol. The average molecular weight is 285 g/mol. The van der Waals surface area contributed by atoms with E-state index in [9.17, 15) is 8.42 Å². The van der Waals surface area contributed by atoms with E-state index in [1.807, 2.05) is 0 Å². The predicted molar refractivity (Wildman–Crippen MR) is 73.9 cm³/mol. The fourth-order valence-electron chi connectivity index (χ4n) is 1.55. The third-order valence-electron chi connectivity index (χ3n) is 2.65. The van der Waals surface area contributed by atoms with E-state index in [0.717, 1.165) is 0 Å². The largest absolute Gasteiger partial charge is 0.497 e. The van der Waals surface area contributed by atoms with Crippen LogP contribution in [0.5, 0.6) is 5.75 Å². The number of hydrogen-bond acceptors (Lipinski definition) is 4. The van der Waals surface area contributed by atoms with Crippen molar-refractivity contribution in [2.75, 3.05) is 7.11 Å². The van der Waals surface area contributed by atoms with Crippen molar-refractivity contribution in [2.24, 2.45) is 11.7 Å². The topological polar surface area (TPSA) is 105 Å². The number of nitrogens with one attached hydrogen (secondary N) is 2. The number of rotatable bonds is 6. The van der Waals surface area contributed by atoms with Crippen LogP contribution in [-0.2, 0) is 10.0 Å². The van der Waals surface area contributed by atoms with Crippen molar-refractivity contribution in [3.8, 4) is 5.75 Å². The summed E-state index contributed by atoms with van der Waals surface area (Å²) in [6, 6.07) is 5.30. The Morgan fingerprint density at radius 3 is 2.21 bits per heavy atom. The first-order valence-electron chi connectivity index (χ1n) is 5.78. The molecule has 0 radical (unpaired) electrons. The van der Waals surface area contributed by atoms with Gasteiger partial charge >= 0.3 is 0 Å². The summed E-state index contributed by atoms with van der Waals surface area (Å²) < 4.78 is 31.7. The molecule has 1 aromatic carbocycles. The molecule has 7 heteroatoms. The van der Waals surface area contributed by atoms with Crippen LogP contribution in [0.15, 0.2) is 29.2 Å². The minimum atomic E-state index is -3.70. The van der Waals surface area contributed by atoms with Crippen LogP contribution in [0.1, 0.15) is 13.8 Å². The van der Waals surface area contributed by atoms with Gasteiger partial charge in [-0.3, -0.25) is 5.41 Å². The second kappa shape index (κ2) is 6.03. The maximum Gasteiger partial charge on any atom is 0.241 e. The molecule has 0 aliphatic rings. The SMILES string of the molecule is COc1ccc(S(=O)(=O)NC(C(=N)N)C(C)C)cc1. The third-order valence-corrected chi connectivity index (χ3v) is 4.11. The van der Waals surface area contributed by atoms with Gasteiger partial charge in [0.25, 0.3) is 0 Å². The minimum absolute atomic E-state index is 0.106. The van der Waals surface area contributed by atoms with Crippen molar-refractivity contribution in [3.05, 3.63) is 24.3 Å². The number of hydrogen-bond donors (Lipinski definition) is 3. The molecule has 0 saturated carbocycles. The summed E-state index contributed by atoms with van der Waals surface area (Å²) in [5.41, 5.74) is 5.40. The van der Waals surface area contributed by atoms with Gasteiger partial charge in [0, 0.05) is 0 Å². The first kappa shape index (κ1) is 15.5. The van der Waals surface area contributed by atoms with Gasteiger partial charge in [-0.15, -0.1) is 0 Å². The molecule has 4 N–H and O–H groups in total. The molecule has 106 valence electrons. The van der Waals surface area contributed by atoms with Crippen molar-refractivity contribution < 1.29 is 13.2 Å². The standard InChI is InChI=1S/C12H19N3O3S/c1-8(2)11(12(13)14)15-19(16,17)10-6-4-9(18-3)5-7-10/h4-8,11,15H,1-3H3,(H3,13,14). The number of nitrogens with two attached hydrogens (primary N) is 1. The average Bonchev–Trinajstić information content (AvgIpc) is 2.35. The summed E-state index contributed by atoms with van der Waals surface area (Å²) >= 11 is 0. The van der Waals surface area contributed by atoms with Crippen LogP contribution in [0.3, 0.4) is 0 Å². The molecule has 1 rings (SSSR count). The van der Waals surface area contributed by atoms with E-state index in [-0.39, 0.29) is 16.6 Å². The Kier molecular flexibility index (Phi) is 4.90. The molecule has 0 bridgehead atoms. The zero-order valence-electron chi connectivity index (χ0n) is 11.2. The fourth-order valence-corrected chi connectivity index (χ4v) is 2.91. The van der Waals surface area contributed by atoms with Gasteiger partial charge in [-0.05, 0) is 30.2 Å². The lowest BCUT2D eigenvalue weighted by Gasteiger charge is -2.20. The second-order valence-electron chi connectivity index (χ2n) is 4.47. The lowest BCUT2D eigenvalue weighted by Crippen LogP contribution is -2.47. The van der Waals surface area contributed by atoms with E-state index < -0.39 is 16.1 Å². The molecule has 6 nitrogen and oxygen atoms in total. The van der Waals surface area contributed by atoms with Gasteiger partial charge in [-0.25, -0.2) is 13.1 Å². The summed E-state index contributed by atoms with van der Waals surface area (Å²) in [4.78, 5) is 0.111. The van der Waals surface area contributed by atoms with Crippen LogP contribution in [-0.4, -0.2) is 27.4 Å². The lowest BCUT2D eigenvalue weighted by atomic mass is 10.1. The minimum Gasteiger partial charge on any atom is -0.497 e. The van der Waals surface area contributed by atoms with Crippen molar-refractivity contribution >= 4 is 15.9 Å². The summed E-state index contributed by atoms with van der Waals surface area (Å²) in [6.45, 7) is 3.59. The lowest BCUT2D eigenvalue weighted by molar-refractivity contribution is 0.414. The highest BCUT2D eigenvalue weighted by molar-refractivity contribution is 7.89. The second-order valence-corrected chi connectivity index (χ2v) is 6.19. The fraction of sp³-hybridized carbons (Fsp3) is 0.417. The maximum absolute atomic E-state index is 12.1. The first-order chi connectivity index (χ1) is 8.77. The summed E-state index contributed by atoms with van der Waals surface area (Å²) in [7, 11) is -2.19. The van der Waals surface area contributed by atoms with Crippen LogP contribution in [0, 0.1) is 11.3 Å². The molecule has 1 atom stereocenters. The van der Waals surface area contributed by atoms with Crippen LogP contribution in [0.25, 0.3) is 0 Å². The number of ether oxygens (including phenoxy) is 1. The molecule has 19 heavy (non-hydrogen) atoms. The monoisotopic (exact) mass is 285 g/mol. The summed E-state index contributed by atoms with van der Waals surface area (Å²) in [6.07, 6.45) is 0. The molecule has 1 aromatic rings. The van der Waals surface area contributed by atoms with Crippen LogP contribution in [0.2, 0.25) is 0 Å². The van der Waals surface area contributed by atoms with Gasteiger partial charge in [0.15, 0.2) is 0 Å². The van der Waals surface area contributed by atoms with Crippen molar-refractivity contribution in [1.82, 2.24) is 4.72 Å². The Labute approximate surface area is 113 Å². The molecule has 0 aliphatic carbocycles. The molecule has 0 fully saturated rings. The van der Waals surface area contributed by atoms with Gasteiger partial charge in [0.05, 0.1) is 18.0 Å². The van der Waals surface area contributed by atoms with E-state index in [1.165, 1.54) is 19.2 Å². The van der Waals surface area contributed by atoms with Crippen LogP contribution < -0.4 is 15.2 Å². The highest BCUT2D eigenvalue weighted by Gasteiger charge is 2.24. The summed E-state index contributed by atoms with van der Waals surface area (Å²) in [5.74, 6) is 0.267. The summed E-state index contributed by atoms with van der Waals surface area (Å²) in [5, 5.41) is 7.42. The Balaban J connectivity index is 2.99. The Morgan fingerprint density at radius 2 is 1.84 bits per heavy atom. The number of sulfonamides is 1. The molecule has 0 saturated heterocycles. The van der Waals surface area contributed by atoms with Gasteiger partial charge in [0.1, 0.15) is 11.6 Å². The van der Waals surface area contributed by atoms with Crippen molar-refractivity contribution in [2.45, 2.75) is 24.8 Å². The Hall–Kier alpha value is -1.60. The third kappa shape index (κ3) is 3.93. The quantitative estimate of drug-likeness (QED) is 0.534.